The van der Waals surface area contributed by atoms with Crippen molar-refractivity contribution in [2.75, 3.05) is 13.6 Å². The van der Waals surface area contributed by atoms with E-state index in [0.717, 1.165) is 18.7 Å². The Balaban J connectivity index is 2.20. The van der Waals surface area contributed by atoms with E-state index in [0.29, 0.717) is 11.1 Å². The van der Waals surface area contributed by atoms with E-state index in [1.807, 2.05) is 6.07 Å². The van der Waals surface area contributed by atoms with Crippen LogP contribution >= 0.6 is 11.6 Å². The Bertz CT molecular complexity index is 316. The van der Waals surface area contributed by atoms with Crippen molar-refractivity contribution in [3.8, 4) is 0 Å². The van der Waals surface area contributed by atoms with Crippen molar-refractivity contribution in [2.45, 2.75) is 25.3 Å². The van der Waals surface area contributed by atoms with Crippen LogP contribution in [0.4, 0.5) is 0 Å². The Kier molecular flexibility index (Phi) is 2.99. The van der Waals surface area contributed by atoms with E-state index < -0.39 is 0 Å². The first-order chi connectivity index (χ1) is 6.77. The maximum absolute atomic E-state index is 5.89. The molecule has 14 heavy (non-hydrogen) atoms. The normalized spacial score (nSPS) is 23.7. The summed E-state index contributed by atoms with van der Waals surface area (Å²) in [5.74, 6) is 0. The zero-order valence-electron chi connectivity index (χ0n) is 8.28. The Morgan fingerprint density at radius 3 is 3.07 bits per heavy atom. The van der Waals surface area contributed by atoms with Gasteiger partial charge in [-0.15, -0.1) is 0 Å². The van der Waals surface area contributed by atoms with Gasteiger partial charge >= 0.3 is 0 Å². The minimum Gasteiger partial charge on any atom is -0.298 e. The van der Waals surface area contributed by atoms with Crippen LogP contribution in [0.3, 0.4) is 0 Å². The van der Waals surface area contributed by atoms with Crippen molar-refractivity contribution in [3.05, 3.63) is 23.0 Å². The van der Waals surface area contributed by atoms with E-state index in [4.69, 9.17) is 11.6 Å². The number of likely N-dealkylation sites (tertiary alicyclic amines) is 1. The number of aromatic nitrogens is 2. The van der Waals surface area contributed by atoms with Gasteiger partial charge in [0.2, 0.25) is 0 Å². The topological polar surface area (TPSA) is 29.0 Å². The van der Waals surface area contributed by atoms with Gasteiger partial charge < -0.3 is 0 Å². The number of nitrogens with zero attached hydrogens (tertiary/aromatic N) is 3. The molecule has 1 aliphatic rings. The van der Waals surface area contributed by atoms with Gasteiger partial charge in [-0.1, -0.05) is 18.0 Å². The zero-order chi connectivity index (χ0) is 9.97. The predicted molar refractivity (Wildman–Crippen MR) is 56.3 cm³/mol. The van der Waals surface area contributed by atoms with Crippen molar-refractivity contribution < 1.29 is 0 Å². The summed E-state index contributed by atoms with van der Waals surface area (Å²) in [6, 6.07) is 2.32. The lowest BCUT2D eigenvalue weighted by atomic mass is 10.00. The average Bonchev–Trinajstić information content (AvgIpc) is 2.18. The van der Waals surface area contributed by atoms with Gasteiger partial charge in [0, 0.05) is 0 Å². The molecule has 1 fully saturated rings. The van der Waals surface area contributed by atoms with E-state index in [1.165, 1.54) is 12.8 Å². The zero-order valence-corrected chi connectivity index (χ0v) is 9.04. The summed E-state index contributed by atoms with van der Waals surface area (Å²) in [6.07, 6.45) is 5.28. The van der Waals surface area contributed by atoms with Crippen LogP contribution in [0.2, 0.25) is 5.02 Å². The predicted octanol–water partition coefficient (Wildman–Crippen LogP) is 2.29. The molecule has 1 atom stereocenters. The standard InChI is InChI=1S/C10H14ClN3/c1-14-5-3-2-4-10(14)9-6-8(11)7-12-13-9/h6-7,10H,2-5H2,1H3. The highest BCUT2D eigenvalue weighted by atomic mass is 35.5. The molecule has 0 saturated carbocycles. The van der Waals surface area contributed by atoms with E-state index in [9.17, 15) is 0 Å². The lowest BCUT2D eigenvalue weighted by Gasteiger charge is -2.31. The second-order valence-electron chi connectivity index (χ2n) is 3.79. The molecule has 3 nitrogen and oxygen atoms in total. The van der Waals surface area contributed by atoms with Crippen LogP contribution in [-0.2, 0) is 0 Å². The first kappa shape index (κ1) is 9.87. The van der Waals surface area contributed by atoms with Gasteiger partial charge in [-0.3, -0.25) is 4.90 Å². The van der Waals surface area contributed by atoms with Gasteiger partial charge in [-0.25, -0.2) is 0 Å². The molecule has 0 spiro atoms. The minimum atomic E-state index is 0.398. The number of hydrogen-bond acceptors (Lipinski definition) is 3. The highest BCUT2D eigenvalue weighted by Crippen LogP contribution is 2.28. The van der Waals surface area contributed by atoms with Gasteiger partial charge in [0.25, 0.3) is 0 Å². The van der Waals surface area contributed by atoms with E-state index in [1.54, 1.807) is 6.20 Å². The van der Waals surface area contributed by atoms with E-state index in [2.05, 4.69) is 22.1 Å². The molecule has 0 amide bonds. The van der Waals surface area contributed by atoms with Crippen LogP contribution in [0.25, 0.3) is 0 Å². The molecule has 2 rings (SSSR count). The molecule has 1 saturated heterocycles. The van der Waals surface area contributed by atoms with Crippen LogP contribution in [0.1, 0.15) is 31.0 Å². The van der Waals surface area contributed by atoms with Gasteiger partial charge in [-0.05, 0) is 32.5 Å². The maximum atomic E-state index is 5.89. The summed E-state index contributed by atoms with van der Waals surface area (Å²) in [5, 5.41) is 8.70. The molecule has 1 unspecified atom stereocenters. The summed E-state index contributed by atoms with van der Waals surface area (Å²) in [5.41, 5.74) is 1.000. The molecule has 76 valence electrons. The lowest BCUT2D eigenvalue weighted by Crippen LogP contribution is -2.30. The number of halogens is 1. The van der Waals surface area contributed by atoms with Gasteiger partial charge in [0.15, 0.2) is 0 Å². The van der Waals surface area contributed by atoms with Crippen molar-refractivity contribution in [1.29, 1.82) is 0 Å². The Morgan fingerprint density at radius 1 is 1.50 bits per heavy atom. The number of piperidine rings is 1. The van der Waals surface area contributed by atoms with E-state index in [-0.39, 0.29) is 0 Å². The van der Waals surface area contributed by atoms with Crippen LogP contribution in [0, 0.1) is 0 Å². The highest BCUT2D eigenvalue weighted by molar-refractivity contribution is 6.30. The van der Waals surface area contributed by atoms with Crippen LogP contribution < -0.4 is 0 Å². The SMILES string of the molecule is CN1CCCCC1c1cc(Cl)cnn1. The summed E-state index contributed by atoms with van der Waals surface area (Å²) < 4.78 is 0. The van der Waals surface area contributed by atoms with Crippen molar-refractivity contribution in [1.82, 2.24) is 15.1 Å². The summed E-state index contributed by atoms with van der Waals surface area (Å²) in [7, 11) is 2.13. The number of hydrogen-bond donors (Lipinski definition) is 0. The van der Waals surface area contributed by atoms with Crippen LogP contribution in [0.15, 0.2) is 12.3 Å². The molecule has 0 aromatic carbocycles. The first-order valence-electron chi connectivity index (χ1n) is 4.96. The van der Waals surface area contributed by atoms with Crippen molar-refractivity contribution >= 4 is 11.6 Å². The molecule has 0 aliphatic carbocycles. The fourth-order valence-electron chi connectivity index (χ4n) is 1.97. The molecular formula is C10H14ClN3. The van der Waals surface area contributed by atoms with Crippen LogP contribution in [0.5, 0.6) is 0 Å². The van der Waals surface area contributed by atoms with Crippen molar-refractivity contribution in [3.63, 3.8) is 0 Å². The molecule has 4 heteroatoms. The number of rotatable bonds is 1. The molecule has 1 aliphatic heterocycles. The monoisotopic (exact) mass is 211 g/mol. The Morgan fingerprint density at radius 2 is 2.36 bits per heavy atom. The third kappa shape index (κ3) is 2.04. The first-order valence-corrected chi connectivity index (χ1v) is 5.33. The lowest BCUT2D eigenvalue weighted by molar-refractivity contribution is 0.182. The second-order valence-corrected chi connectivity index (χ2v) is 4.23. The van der Waals surface area contributed by atoms with E-state index >= 15 is 0 Å². The second kappa shape index (κ2) is 4.24. The Hall–Kier alpha value is -0.670. The summed E-state index contributed by atoms with van der Waals surface area (Å²) in [4.78, 5) is 2.32. The molecule has 0 radical (unpaired) electrons. The molecule has 0 bridgehead atoms. The van der Waals surface area contributed by atoms with Crippen LogP contribution in [-0.4, -0.2) is 28.7 Å². The quantitative estimate of drug-likeness (QED) is 0.714. The van der Waals surface area contributed by atoms with Gasteiger partial charge in [0.1, 0.15) is 0 Å². The maximum Gasteiger partial charge on any atom is 0.0817 e. The van der Waals surface area contributed by atoms with Gasteiger partial charge in [-0.2, -0.15) is 10.2 Å². The molecular weight excluding hydrogens is 198 g/mol. The largest absolute Gasteiger partial charge is 0.298 e. The highest BCUT2D eigenvalue weighted by Gasteiger charge is 2.22. The fraction of sp³-hybridized carbons (Fsp3) is 0.600. The molecule has 2 heterocycles. The Labute approximate surface area is 89.1 Å². The fourth-order valence-corrected chi connectivity index (χ4v) is 2.13. The summed E-state index contributed by atoms with van der Waals surface area (Å²) >= 11 is 5.89. The minimum absolute atomic E-state index is 0.398. The molecule has 0 N–H and O–H groups in total. The average molecular weight is 212 g/mol. The molecule has 1 aromatic heterocycles. The smallest absolute Gasteiger partial charge is 0.0817 e. The summed E-state index contributed by atoms with van der Waals surface area (Å²) in [6.45, 7) is 1.14. The third-order valence-electron chi connectivity index (χ3n) is 2.75. The van der Waals surface area contributed by atoms with Crippen molar-refractivity contribution in [2.24, 2.45) is 0 Å². The van der Waals surface area contributed by atoms with Gasteiger partial charge in [0.05, 0.1) is 23.0 Å². The molecule has 1 aromatic rings. The third-order valence-corrected chi connectivity index (χ3v) is 2.96.